The Morgan fingerprint density at radius 3 is 2.48 bits per heavy atom. The Balaban J connectivity index is 1.94. The van der Waals surface area contributed by atoms with E-state index in [1.54, 1.807) is 12.1 Å². The van der Waals surface area contributed by atoms with E-state index >= 15 is 0 Å². The molecule has 2 aromatic carbocycles. The van der Waals surface area contributed by atoms with Crippen molar-refractivity contribution >= 4 is 48.2 Å². The maximum Gasteiger partial charge on any atom is 0.268 e. The molecular weight excluding hydrogens is 496 g/mol. The molecule has 1 N–H and O–H groups in total. The molecule has 1 unspecified atom stereocenters. The zero-order valence-electron chi connectivity index (χ0n) is 18.1. The molecule has 0 amide bonds. The normalized spacial score (nSPS) is 18.2. The van der Waals surface area contributed by atoms with Gasteiger partial charge in [0.1, 0.15) is 4.75 Å². The zero-order chi connectivity index (χ0) is 22.6. The van der Waals surface area contributed by atoms with Gasteiger partial charge in [-0.3, -0.25) is 0 Å². The van der Waals surface area contributed by atoms with Crippen LogP contribution in [-0.4, -0.2) is 21.7 Å². The summed E-state index contributed by atoms with van der Waals surface area (Å²) in [5.41, 5.74) is 3.39. The summed E-state index contributed by atoms with van der Waals surface area (Å²) in [7, 11) is -3.78. The molecule has 1 aliphatic carbocycles. The molecule has 8 heteroatoms. The highest BCUT2D eigenvalue weighted by molar-refractivity contribution is 9.10. The van der Waals surface area contributed by atoms with Gasteiger partial charge in [0.2, 0.25) is 0 Å². The monoisotopic (exact) mass is 522 g/mol. The second-order valence-electron chi connectivity index (χ2n) is 9.05. The molecule has 1 heterocycles. The Morgan fingerprint density at radius 1 is 1.16 bits per heavy atom. The Labute approximate surface area is 195 Å². The average Bonchev–Trinajstić information content (AvgIpc) is 3.02. The fraction of sp³-hybridized carbons (Fsp3) is 0.391. The number of halogens is 1. The quantitative estimate of drug-likeness (QED) is 0.466. The van der Waals surface area contributed by atoms with Crippen LogP contribution in [0.15, 0.2) is 51.8 Å². The minimum atomic E-state index is -3.78. The standard InChI is InChI=1S/C23H27BrN2O3S2/c1-15-8-11-17(12-9-15)31(28,29)26-20-13-10-16(24)14-18(20)22-19(6-5-7-21(22)26)25-30(27)23(2,3)4/h8-14,19,25H,5-7H2,1-4H3/t19-,30?/m0/s1. The van der Waals surface area contributed by atoms with Crippen LogP contribution < -0.4 is 4.72 Å². The van der Waals surface area contributed by atoms with E-state index in [1.165, 1.54) is 3.97 Å². The van der Waals surface area contributed by atoms with Crippen molar-refractivity contribution in [3.63, 3.8) is 0 Å². The predicted molar refractivity (Wildman–Crippen MR) is 130 cm³/mol. The summed E-state index contributed by atoms with van der Waals surface area (Å²) in [6.45, 7) is 7.73. The largest absolute Gasteiger partial charge is 0.598 e. The van der Waals surface area contributed by atoms with Crippen molar-refractivity contribution in [2.45, 2.75) is 62.6 Å². The summed E-state index contributed by atoms with van der Waals surface area (Å²) in [5, 5.41) is 0.878. The highest BCUT2D eigenvalue weighted by Gasteiger charge is 2.36. The third-order valence-corrected chi connectivity index (χ3v) is 9.51. The van der Waals surface area contributed by atoms with Gasteiger partial charge in [-0.25, -0.2) is 12.4 Å². The van der Waals surface area contributed by atoms with Crippen LogP contribution >= 0.6 is 15.9 Å². The number of benzene rings is 2. The SMILES string of the molecule is Cc1ccc(S(=O)(=O)n2c3c(c4cc(Br)ccc42)[C@@H](N[S+]([O-])C(C)(C)C)CCC3)cc1. The fourth-order valence-electron chi connectivity index (χ4n) is 4.07. The van der Waals surface area contributed by atoms with Gasteiger partial charge in [0.15, 0.2) is 0 Å². The zero-order valence-corrected chi connectivity index (χ0v) is 21.3. The molecule has 0 spiro atoms. The molecule has 0 radical (unpaired) electrons. The number of hydrogen-bond acceptors (Lipinski definition) is 4. The number of nitrogens with zero attached hydrogens (tertiary/aromatic N) is 1. The lowest BCUT2D eigenvalue weighted by atomic mass is 9.91. The first-order chi connectivity index (χ1) is 14.5. The van der Waals surface area contributed by atoms with E-state index in [0.717, 1.165) is 39.5 Å². The molecule has 5 nitrogen and oxygen atoms in total. The van der Waals surface area contributed by atoms with E-state index in [0.29, 0.717) is 11.9 Å². The van der Waals surface area contributed by atoms with Crippen LogP contribution in [0.25, 0.3) is 10.9 Å². The van der Waals surface area contributed by atoms with Crippen LogP contribution in [-0.2, 0) is 27.8 Å². The Morgan fingerprint density at radius 2 is 1.84 bits per heavy atom. The number of nitrogens with one attached hydrogen (secondary N) is 1. The molecule has 0 aliphatic heterocycles. The molecule has 4 rings (SSSR count). The molecule has 0 bridgehead atoms. The molecule has 1 aliphatic rings. The van der Waals surface area contributed by atoms with Crippen molar-refractivity contribution in [2.75, 3.05) is 0 Å². The lowest BCUT2D eigenvalue weighted by Crippen LogP contribution is -2.42. The minimum absolute atomic E-state index is 0.171. The van der Waals surface area contributed by atoms with Gasteiger partial charge >= 0.3 is 0 Å². The van der Waals surface area contributed by atoms with Crippen LogP contribution in [0.1, 0.15) is 56.5 Å². The topological polar surface area (TPSA) is 74.2 Å². The summed E-state index contributed by atoms with van der Waals surface area (Å²) in [4.78, 5) is 0.272. The molecular formula is C23H27BrN2O3S2. The Kier molecular flexibility index (Phi) is 6.07. The van der Waals surface area contributed by atoms with Gasteiger partial charge < -0.3 is 4.55 Å². The smallest absolute Gasteiger partial charge is 0.268 e. The first-order valence-electron chi connectivity index (χ1n) is 10.3. The van der Waals surface area contributed by atoms with Crippen molar-refractivity contribution in [1.29, 1.82) is 0 Å². The van der Waals surface area contributed by atoms with E-state index < -0.39 is 26.1 Å². The average molecular weight is 524 g/mol. The minimum Gasteiger partial charge on any atom is -0.598 e. The van der Waals surface area contributed by atoms with Gasteiger partial charge in [-0.15, -0.1) is 4.72 Å². The van der Waals surface area contributed by atoms with E-state index in [1.807, 2.05) is 58.0 Å². The molecule has 166 valence electrons. The molecule has 0 saturated carbocycles. The summed E-state index contributed by atoms with van der Waals surface area (Å²) < 4.78 is 45.6. The van der Waals surface area contributed by atoms with E-state index in [9.17, 15) is 13.0 Å². The van der Waals surface area contributed by atoms with Gasteiger partial charge in [-0.2, -0.15) is 0 Å². The molecule has 2 atom stereocenters. The highest BCUT2D eigenvalue weighted by Crippen LogP contribution is 2.41. The lowest BCUT2D eigenvalue weighted by Gasteiger charge is -2.30. The summed E-state index contributed by atoms with van der Waals surface area (Å²) in [6, 6.07) is 12.5. The van der Waals surface area contributed by atoms with Gasteiger partial charge in [0.05, 0.1) is 16.5 Å². The van der Waals surface area contributed by atoms with Crippen LogP contribution in [0.4, 0.5) is 0 Å². The summed E-state index contributed by atoms with van der Waals surface area (Å²) in [5.74, 6) is 0. The fourth-order valence-corrected chi connectivity index (χ4v) is 6.87. The first kappa shape index (κ1) is 22.9. The van der Waals surface area contributed by atoms with Crippen LogP contribution in [0.5, 0.6) is 0 Å². The van der Waals surface area contributed by atoms with Crippen molar-refractivity contribution in [3.05, 3.63) is 63.8 Å². The second kappa shape index (κ2) is 8.23. The van der Waals surface area contributed by atoms with Crippen molar-refractivity contribution in [2.24, 2.45) is 0 Å². The Hall–Kier alpha value is -1.32. The lowest BCUT2D eigenvalue weighted by molar-refractivity contribution is 0.488. The Bertz CT molecular complexity index is 1230. The first-order valence-corrected chi connectivity index (χ1v) is 13.7. The number of aromatic nitrogens is 1. The van der Waals surface area contributed by atoms with Gasteiger partial charge in [0, 0.05) is 32.5 Å². The van der Waals surface area contributed by atoms with Crippen LogP contribution in [0.2, 0.25) is 0 Å². The molecule has 1 aromatic heterocycles. The second-order valence-corrected chi connectivity index (χ2v) is 13.7. The van der Waals surface area contributed by atoms with Gasteiger partial charge in [-0.1, -0.05) is 33.6 Å². The maximum atomic E-state index is 13.7. The van der Waals surface area contributed by atoms with Gasteiger partial charge in [0.25, 0.3) is 10.0 Å². The van der Waals surface area contributed by atoms with E-state index in [-0.39, 0.29) is 10.9 Å². The third-order valence-electron chi connectivity index (χ3n) is 5.64. The highest BCUT2D eigenvalue weighted by atomic mass is 79.9. The molecule has 0 saturated heterocycles. The van der Waals surface area contributed by atoms with Crippen molar-refractivity contribution in [1.82, 2.24) is 8.69 Å². The van der Waals surface area contributed by atoms with Crippen LogP contribution in [0, 0.1) is 6.92 Å². The molecule has 3 aromatic rings. The van der Waals surface area contributed by atoms with Gasteiger partial charge in [-0.05, 0) is 77.3 Å². The third kappa shape index (κ3) is 4.20. The van der Waals surface area contributed by atoms with E-state index in [4.69, 9.17) is 0 Å². The van der Waals surface area contributed by atoms with Crippen molar-refractivity contribution < 1.29 is 13.0 Å². The maximum absolute atomic E-state index is 13.7. The predicted octanol–water partition coefficient (Wildman–Crippen LogP) is 5.38. The van der Waals surface area contributed by atoms with E-state index in [2.05, 4.69) is 20.7 Å². The number of fused-ring (bicyclic) bond motifs is 3. The summed E-state index contributed by atoms with van der Waals surface area (Å²) >= 11 is 2.27. The number of hydrogen-bond donors (Lipinski definition) is 1. The van der Waals surface area contributed by atoms with Crippen LogP contribution in [0.3, 0.4) is 0 Å². The summed E-state index contributed by atoms with van der Waals surface area (Å²) in [6.07, 6.45) is 2.30. The number of rotatable bonds is 4. The molecule has 31 heavy (non-hydrogen) atoms. The molecule has 0 fully saturated rings. The van der Waals surface area contributed by atoms with Crippen molar-refractivity contribution in [3.8, 4) is 0 Å². The number of aryl methyl sites for hydroxylation is 1.